The lowest BCUT2D eigenvalue weighted by atomic mass is 9.98. The highest BCUT2D eigenvalue weighted by molar-refractivity contribution is 8.77. The van der Waals surface area contributed by atoms with E-state index in [1.165, 1.54) is 0 Å². The molecule has 1 rings (SSSR count). The van der Waals surface area contributed by atoms with E-state index in [0.717, 1.165) is 42.5 Å². The van der Waals surface area contributed by atoms with Crippen LogP contribution in [0.4, 0.5) is 0 Å². The van der Waals surface area contributed by atoms with Gasteiger partial charge in [0.25, 0.3) is 0 Å². The molecule has 0 spiro atoms. The summed E-state index contributed by atoms with van der Waals surface area (Å²) in [5, 5.41) is 17.3. The molecule has 14 heteroatoms. The van der Waals surface area contributed by atoms with Crippen LogP contribution in [0.1, 0.15) is 57.8 Å². The Bertz CT molecular complexity index is 729. The van der Waals surface area contributed by atoms with Gasteiger partial charge in [-0.3, -0.25) is 19.2 Å². The van der Waals surface area contributed by atoms with E-state index >= 15 is 0 Å². The number of carbonyl (C=O) groups is 4. The lowest BCUT2D eigenvalue weighted by Gasteiger charge is -2.21. The molecular formula is C20H34N6O5S3. The minimum Gasteiger partial charge on any atom is -0.481 e. The van der Waals surface area contributed by atoms with E-state index in [9.17, 15) is 19.2 Å². The third kappa shape index (κ3) is 14.6. The Hall–Kier alpha value is -1.60. The normalized spacial score (nSPS) is 15.2. The molecule has 5 N–H and O–H groups in total. The van der Waals surface area contributed by atoms with Crippen LogP contribution < -0.4 is 16.4 Å². The van der Waals surface area contributed by atoms with E-state index in [2.05, 4.69) is 20.7 Å². The van der Waals surface area contributed by atoms with E-state index < -0.39 is 29.5 Å². The Morgan fingerprint density at radius 1 is 1.09 bits per heavy atom. The maximum Gasteiger partial charge on any atom is 0.305 e. The summed E-state index contributed by atoms with van der Waals surface area (Å²) in [6.07, 6.45) is 4.34. The largest absolute Gasteiger partial charge is 0.481 e. The molecule has 34 heavy (non-hydrogen) atoms. The summed E-state index contributed by atoms with van der Waals surface area (Å²) in [6.45, 7) is 0.906. The van der Waals surface area contributed by atoms with Gasteiger partial charge >= 0.3 is 5.97 Å². The first-order valence-electron chi connectivity index (χ1n) is 11.2. The first-order valence-corrected chi connectivity index (χ1v) is 14.7. The summed E-state index contributed by atoms with van der Waals surface area (Å²) in [5.74, 6) is 0.344. The van der Waals surface area contributed by atoms with Crippen LogP contribution in [0.3, 0.4) is 0 Å². The third-order valence-electron chi connectivity index (χ3n) is 5.00. The van der Waals surface area contributed by atoms with E-state index in [1.807, 2.05) is 0 Å². The van der Waals surface area contributed by atoms with Crippen LogP contribution in [0.15, 0.2) is 5.11 Å². The van der Waals surface area contributed by atoms with Crippen LogP contribution in [-0.2, 0) is 19.2 Å². The van der Waals surface area contributed by atoms with E-state index in [4.69, 9.17) is 16.4 Å². The molecule has 0 aromatic heterocycles. The van der Waals surface area contributed by atoms with Gasteiger partial charge in [0.1, 0.15) is 6.04 Å². The predicted octanol–water partition coefficient (Wildman–Crippen LogP) is 2.85. The summed E-state index contributed by atoms with van der Waals surface area (Å²) < 4.78 is 0. The number of unbranched alkanes of at least 4 members (excludes halogenated alkanes) is 3. The number of azide groups is 1. The van der Waals surface area contributed by atoms with Crippen LogP contribution >= 0.6 is 33.3 Å². The zero-order valence-corrected chi connectivity index (χ0v) is 21.7. The molecule has 1 aliphatic rings. The van der Waals surface area contributed by atoms with Crippen molar-refractivity contribution < 1.29 is 24.3 Å². The quantitative estimate of drug-likeness (QED) is 0.0674. The molecule has 2 amide bonds. The number of carbonyl (C=O) groups excluding carboxylic acids is 3. The summed E-state index contributed by atoms with van der Waals surface area (Å²) in [6, 6.07) is -1.14. The van der Waals surface area contributed by atoms with Gasteiger partial charge in [-0.2, -0.15) is 0 Å². The van der Waals surface area contributed by atoms with Crippen LogP contribution in [0.25, 0.3) is 10.4 Å². The average Bonchev–Trinajstić information content (AvgIpc) is 3.21. The van der Waals surface area contributed by atoms with Crippen molar-refractivity contribution in [2.45, 2.75) is 69.4 Å². The van der Waals surface area contributed by atoms with Crippen LogP contribution in [-0.4, -0.2) is 69.9 Å². The van der Waals surface area contributed by atoms with Crippen LogP contribution in [0.2, 0.25) is 0 Å². The van der Waals surface area contributed by atoms with Gasteiger partial charge in [0.2, 0.25) is 16.9 Å². The summed E-state index contributed by atoms with van der Waals surface area (Å²) in [7, 11) is 3.60. The lowest BCUT2D eigenvalue weighted by Crippen LogP contribution is -2.42. The van der Waals surface area contributed by atoms with Gasteiger partial charge in [0, 0.05) is 53.6 Å². The van der Waals surface area contributed by atoms with Crippen molar-refractivity contribution in [2.75, 3.05) is 30.3 Å². The van der Waals surface area contributed by atoms with Crippen molar-refractivity contribution in [3.8, 4) is 0 Å². The van der Waals surface area contributed by atoms with Crippen molar-refractivity contribution in [3.05, 3.63) is 10.4 Å². The molecule has 192 valence electrons. The number of aliphatic carboxylic acids is 1. The fourth-order valence-electron chi connectivity index (χ4n) is 3.09. The van der Waals surface area contributed by atoms with Gasteiger partial charge in [-0.15, -0.1) is 0 Å². The van der Waals surface area contributed by atoms with Gasteiger partial charge in [0.15, 0.2) is 0 Å². The highest BCUT2D eigenvalue weighted by atomic mass is 33.1. The van der Waals surface area contributed by atoms with Gasteiger partial charge in [-0.1, -0.05) is 44.9 Å². The molecule has 1 heterocycles. The summed E-state index contributed by atoms with van der Waals surface area (Å²) in [4.78, 5) is 50.2. The minimum atomic E-state index is -1.19. The highest BCUT2D eigenvalue weighted by Gasteiger charge is 2.30. The number of nitrogens with two attached hydrogens (primary N) is 1. The second-order valence-electron chi connectivity index (χ2n) is 8.09. The Morgan fingerprint density at radius 2 is 1.82 bits per heavy atom. The fraction of sp³-hybridized carbons (Fsp3) is 0.800. The summed E-state index contributed by atoms with van der Waals surface area (Å²) >= 11 is 0.849. The first kappa shape index (κ1) is 30.4. The van der Waals surface area contributed by atoms with Gasteiger partial charge in [-0.05, 0) is 37.6 Å². The molecule has 1 fully saturated rings. The minimum absolute atomic E-state index is 0.106. The average molecular weight is 535 g/mol. The second-order valence-corrected chi connectivity index (χ2v) is 11.7. The molecule has 1 unspecified atom stereocenters. The molecule has 0 saturated carbocycles. The molecule has 1 saturated heterocycles. The van der Waals surface area contributed by atoms with Gasteiger partial charge in [0.05, 0.1) is 6.42 Å². The highest BCUT2D eigenvalue weighted by Crippen LogP contribution is 2.38. The number of carboxylic acids is 1. The zero-order valence-electron chi connectivity index (χ0n) is 19.2. The molecule has 0 aliphatic carbocycles. The van der Waals surface area contributed by atoms with Gasteiger partial charge < -0.3 is 21.5 Å². The Labute approximate surface area is 211 Å². The number of amides is 2. The van der Waals surface area contributed by atoms with E-state index in [0.29, 0.717) is 32.4 Å². The van der Waals surface area contributed by atoms with Crippen molar-refractivity contribution in [1.29, 1.82) is 0 Å². The number of hydrogen-bond donors (Lipinski definition) is 4. The van der Waals surface area contributed by atoms with Crippen molar-refractivity contribution in [3.63, 3.8) is 0 Å². The standard InChI is InChI=1S/C20H34N6O5S3/c21-20(13-33-34-14-20)8-3-5-9-23-16(27)7-11-32-19(31)15(12-18(29)30)25-17(28)6-2-1-4-10-24-26-22/h15H,1-14,21H2,(H,23,27)(H,25,28)(H,29,30). The number of thioether (sulfide) groups is 1. The lowest BCUT2D eigenvalue weighted by molar-refractivity contribution is -0.139. The monoisotopic (exact) mass is 534 g/mol. The zero-order chi connectivity index (χ0) is 25.2. The molecule has 11 nitrogen and oxygen atoms in total. The van der Waals surface area contributed by atoms with Crippen molar-refractivity contribution in [1.82, 2.24) is 10.6 Å². The number of hydrogen-bond acceptors (Lipinski definition) is 9. The maximum absolute atomic E-state index is 12.4. The van der Waals surface area contributed by atoms with Gasteiger partial charge in [-0.25, -0.2) is 0 Å². The molecule has 0 aromatic rings. The number of nitrogens with zero attached hydrogens (tertiary/aromatic N) is 3. The van der Waals surface area contributed by atoms with E-state index in [-0.39, 0.29) is 30.0 Å². The molecule has 0 radical (unpaired) electrons. The predicted molar refractivity (Wildman–Crippen MR) is 137 cm³/mol. The smallest absolute Gasteiger partial charge is 0.305 e. The Morgan fingerprint density at radius 3 is 2.50 bits per heavy atom. The van der Waals surface area contributed by atoms with Crippen LogP contribution in [0.5, 0.6) is 0 Å². The molecule has 0 bridgehead atoms. The number of carboxylic acid groups (broad SMARTS) is 1. The van der Waals surface area contributed by atoms with Crippen molar-refractivity contribution >= 4 is 56.2 Å². The summed E-state index contributed by atoms with van der Waals surface area (Å²) in [5.41, 5.74) is 14.4. The molecular weight excluding hydrogens is 500 g/mol. The number of rotatable bonds is 18. The first-order chi connectivity index (χ1) is 16.3. The molecule has 1 aliphatic heterocycles. The molecule has 0 aromatic carbocycles. The fourth-order valence-corrected chi connectivity index (χ4v) is 7.09. The topological polar surface area (TPSA) is 187 Å². The Balaban J connectivity index is 2.22. The van der Waals surface area contributed by atoms with Crippen molar-refractivity contribution in [2.24, 2.45) is 10.8 Å². The SMILES string of the molecule is [N-]=[N+]=NCCCCCC(=O)NC(CC(=O)O)C(=O)SCCC(=O)NCCCCC1(N)CSSC1. The maximum atomic E-state index is 12.4. The molecule has 1 atom stereocenters. The van der Waals surface area contributed by atoms with E-state index in [1.54, 1.807) is 21.6 Å². The Kier molecular flexibility index (Phi) is 15.9. The van der Waals surface area contributed by atoms with Crippen LogP contribution in [0, 0.1) is 0 Å². The second kappa shape index (κ2) is 17.8. The third-order valence-corrected chi connectivity index (χ3v) is 8.73. The number of nitrogens with one attached hydrogen (secondary N) is 2.